The molecule has 5 nitrogen and oxygen atoms in total. The molecular formula is C15H12ClFN2O3. The zero-order valence-corrected chi connectivity index (χ0v) is 12.4. The fraction of sp³-hybridized carbons (Fsp3) is 0.133. The molecular weight excluding hydrogens is 311 g/mol. The SMILES string of the molecule is Cc1c(NC(=O)Cc2c(F)cccc2Cl)cccc1[N+](=O)[O-]. The number of nitro benzene ring substituents is 1. The summed E-state index contributed by atoms with van der Waals surface area (Å²) in [4.78, 5) is 22.4. The maximum atomic E-state index is 13.6. The highest BCUT2D eigenvalue weighted by atomic mass is 35.5. The largest absolute Gasteiger partial charge is 0.325 e. The second-order valence-electron chi connectivity index (χ2n) is 4.63. The Morgan fingerprint density at radius 1 is 1.32 bits per heavy atom. The van der Waals surface area contributed by atoms with Crippen molar-refractivity contribution in [2.24, 2.45) is 0 Å². The fourth-order valence-corrected chi connectivity index (χ4v) is 2.24. The summed E-state index contributed by atoms with van der Waals surface area (Å²) in [6.45, 7) is 1.53. The minimum absolute atomic E-state index is 0.0877. The van der Waals surface area contributed by atoms with Gasteiger partial charge in [-0.15, -0.1) is 0 Å². The van der Waals surface area contributed by atoms with Crippen molar-refractivity contribution >= 4 is 28.9 Å². The molecule has 0 aliphatic rings. The van der Waals surface area contributed by atoms with Crippen molar-refractivity contribution in [3.05, 3.63) is 68.5 Å². The topological polar surface area (TPSA) is 72.2 Å². The summed E-state index contributed by atoms with van der Waals surface area (Å²) in [6, 6.07) is 8.52. The fourth-order valence-electron chi connectivity index (χ4n) is 2.01. The smallest absolute Gasteiger partial charge is 0.274 e. The molecule has 0 fully saturated rings. The average Bonchev–Trinajstić information content (AvgIpc) is 2.45. The van der Waals surface area contributed by atoms with E-state index in [2.05, 4.69) is 5.32 Å². The zero-order valence-electron chi connectivity index (χ0n) is 11.6. The Balaban J connectivity index is 2.20. The highest BCUT2D eigenvalue weighted by Crippen LogP contribution is 2.26. The molecule has 0 aliphatic carbocycles. The van der Waals surface area contributed by atoms with E-state index in [9.17, 15) is 19.3 Å². The molecule has 0 aliphatic heterocycles. The number of hydrogen-bond donors (Lipinski definition) is 1. The molecule has 0 unspecified atom stereocenters. The van der Waals surface area contributed by atoms with Crippen LogP contribution in [0.25, 0.3) is 0 Å². The molecule has 0 saturated carbocycles. The van der Waals surface area contributed by atoms with E-state index in [1.54, 1.807) is 6.07 Å². The Hall–Kier alpha value is -2.47. The van der Waals surface area contributed by atoms with E-state index >= 15 is 0 Å². The Labute approximate surface area is 130 Å². The van der Waals surface area contributed by atoms with Crippen molar-refractivity contribution in [2.75, 3.05) is 5.32 Å². The minimum Gasteiger partial charge on any atom is -0.325 e. The number of carbonyl (C=O) groups excluding carboxylic acids is 1. The molecule has 0 radical (unpaired) electrons. The van der Waals surface area contributed by atoms with Gasteiger partial charge >= 0.3 is 0 Å². The number of nitro groups is 1. The van der Waals surface area contributed by atoms with Gasteiger partial charge in [0.1, 0.15) is 5.82 Å². The number of benzene rings is 2. The molecule has 7 heteroatoms. The first-order chi connectivity index (χ1) is 10.4. The second-order valence-corrected chi connectivity index (χ2v) is 5.04. The first-order valence-corrected chi connectivity index (χ1v) is 6.74. The van der Waals surface area contributed by atoms with Gasteiger partial charge in [0, 0.05) is 16.7 Å². The molecule has 114 valence electrons. The highest BCUT2D eigenvalue weighted by molar-refractivity contribution is 6.31. The molecule has 1 amide bonds. The molecule has 1 N–H and O–H groups in total. The van der Waals surface area contributed by atoms with Crippen LogP contribution in [0.5, 0.6) is 0 Å². The van der Waals surface area contributed by atoms with Crippen molar-refractivity contribution in [3.8, 4) is 0 Å². The molecule has 0 bridgehead atoms. The van der Waals surface area contributed by atoms with Gasteiger partial charge in [-0.25, -0.2) is 4.39 Å². The van der Waals surface area contributed by atoms with Gasteiger partial charge in [-0.3, -0.25) is 14.9 Å². The van der Waals surface area contributed by atoms with Crippen molar-refractivity contribution in [1.29, 1.82) is 0 Å². The molecule has 0 heterocycles. The summed E-state index contributed by atoms with van der Waals surface area (Å²) < 4.78 is 13.6. The maximum Gasteiger partial charge on any atom is 0.274 e. The number of halogens is 2. The van der Waals surface area contributed by atoms with Crippen molar-refractivity contribution in [2.45, 2.75) is 13.3 Å². The Kier molecular flexibility index (Phi) is 4.72. The monoisotopic (exact) mass is 322 g/mol. The van der Waals surface area contributed by atoms with E-state index in [0.29, 0.717) is 11.3 Å². The van der Waals surface area contributed by atoms with Gasteiger partial charge in [-0.2, -0.15) is 0 Å². The van der Waals surface area contributed by atoms with E-state index in [4.69, 9.17) is 11.6 Å². The van der Waals surface area contributed by atoms with Crippen molar-refractivity contribution < 1.29 is 14.1 Å². The minimum atomic E-state index is -0.571. The zero-order chi connectivity index (χ0) is 16.3. The number of rotatable bonds is 4. The third-order valence-corrected chi connectivity index (χ3v) is 3.53. The summed E-state index contributed by atoms with van der Waals surface area (Å²) in [7, 11) is 0. The normalized spacial score (nSPS) is 10.3. The van der Waals surface area contributed by atoms with E-state index in [-0.39, 0.29) is 22.7 Å². The predicted molar refractivity (Wildman–Crippen MR) is 81.6 cm³/mol. The molecule has 0 spiro atoms. The van der Waals surface area contributed by atoms with Crippen LogP contribution in [0.4, 0.5) is 15.8 Å². The predicted octanol–water partition coefficient (Wildman–Crippen LogP) is 3.88. The molecule has 0 atom stereocenters. The summed E-state index contributed by atoms with van der Waals surface area (Å²) in [6.07, 6.45) is -0.256. The van der Waals surface area contributed by atoms with E-state index in [1.807, 2.05) is 0 Å². The third-order valence-electron chi connectivity index (χ3n) is 3.18. The maximum absolute atomic E-state index is 13.6. The van der Waals surface area contributed by atoms with Crippen LogP contribution in [-0.2, 0) is 11.2 Å². The van der Waals surface area contributed by atoms with Gasteiger partial charge in [0.05, 0.1) is 22.6 Å². The molecule has 2 aromatic carbocycles. The number of nitrogens with one attached hydrogen (secondary N) is 1. The molecule has 0 aromatic heterocycles. The lowest BCUT2D eigenvalue weighted by molar-refractivity contribution is -0.385. The van der Waals surface area contributed by atoms with Gasteiger partial charge in [-0.1, -0.05) is 23.7 Å². The summed E-state index contributed by atoms with van der Waals surface area (Å²) >= 11 is 5.87. The van der Waals surface area contributed by atoms with Crippen LogP contribution >= 0.6 is 11.6 Å². The van der Waals surface area contributed by atoms with Gasteiger partial charge in [0.15, 0.2) is 0 Å². The van der Waals surface area contributed by atoms with Crippen molar-refractivity contribution in [1.82, 2.24) is 0 Å². The molecule has 22 heavy (non-hydrogen) atoms. The summed E-state index contributed by atoms with van der Waals surface area (Å²) in [5.74, 6) is -1.07. The quantitative estimate of drug-likeness (QED) is 0.686. The first kappa shape index (κ1) is 15.9. The number of nitrogens with zero attached hydrogens (tertiary/aromatic N) is 1. The van der Waals surface area contributed by atoms with Gasteiger partial charge in [0.2, 0.25) is 5.91 Å². The lowest BCUT2D eigenvalue weighted by atomic mass is 10.1. The number of hydrogen-bond acceptors (Lipinski definition) is 3. The van der Waals surface area contributed by atoms with E-state index in [0.717, 1.165) is 0 Å². The average molecular weight is 323 g/mol. The third kappa shape index (κ3) is 3.40. The molecule has 2 rings (SSSR count). The van der Waals surface area contributed by atoms with E-state index < -0.39 is 16.6 Å². The highest BCUT2D eigenvalue weighted by Gasteiger charge is 2.16. The van der Waals surface area contributed by atoms with Crippen LogP contribution in [0.15, 0.2) is 36.4 Å². The first-order valence-electron chi connectivity index (χ1n) is 6.37. The number of anilines is 1. The number of amides is 1. The molecule has 2 aromatic rings. The van der Waals surface area contributed by atoms with Crippen LogP contribution in [0.3, 0.4) is 0 Å². The van der Waals surface area contributed by atoms with E-state index in [1.165, 1.54) is 37.3 Å². The van der Waals surface area contributed by atoms with Crippen molar-refractivity contribution in [3.63, 3.8) is 0 Å². The number of carbonyl (C=O) groups is 1. The lowest BCUT2D eigenvalue weighted by Crippen LogP contribution is -2.16. The molecule has 0 saturated heterocycles. The van der Waals surface area contributed by atoms with Crippen LogP contribution < -0.4 is 5.32 Å². The Morgan fingerprint density at radius 2 is 2.00 bits per heavy atom. The lowest BCUT2D eigenvalue weighted by Gasteiger charge is -2.10. The summed E-state index contributed by atoms with van der Waals surface area (Å²) in [5, 5.41) is 13.6. The summed E-state index contributed by atoms with van der Waals surface area (Å²) in [5.41, 5.74) is 0.638. The van der Waals surface area contributed by atoms with Crippen LogP contribution in [-0.4, -0.2) is 10.8 Å². The second kappa shape index (κ2) is 6.53. The van der Waals surface area contributed by atoms with Crippen LogP contribution in [0, 0.1) is 22.9 Å². The van der Waals surface area contributed by atoms with Crippen LogP contribution in [0.2, 0.25) is 5.02 Å². The standard InChI is InChI=1S/C15H12ClFN2O3/c1-9-13(6-3-7-14(9)19(21)22)18-15(20)8-10-11(16)4-2-5-12(10)17/h2-7H,8H2,1H3,(H,18,20). The van der Waals surface area contributed by atoms with Gasteiger partial charge in [0.25, 0.3) is 5.69 Å². The Morgan fingerprint density at radius 3 is 2.64 bits per heavy atom. The Bertz CT molecular complexity index is 729. The van der Waals surface area contributed by atoms with Gasteiger partial charge < -0.3 is 5.32 Å². The van der Waals surface area contributed by atoms with Crippen LogP contribution in [0.1, 0.15) is 11.1 Å². The van der Waals surface area contributed by atoms with Gasteiger partial charge in [-0.05, 0) is 25.1 Å².